The number of benzene rings is 1. The van der Waals surface area contributed by atoms with Crippen molar-refractivity contribution < 1.29 is 0 Å². The van der Waals surface area contributed by atoms with E-state index >= 15 is 0 Å². The van der Waals surface area contributed by atoms with Crippen molar-refractivity contribution in [3.8, 4) is 0 Å². The first kappa shape index (κ1) is 11.2. The maximum absolute atomic E-state index is 3.19. The summed E-state index contributed by atoms with van der Waals surface area (Å²) in [5.41, 5.74) is 4.15. The average Bonchev–Trinajstić information content (AvgIpc) is 2.63. The molecule has 0 unspecified atom stereocenters. The van der Waals surface area contributed by atoms with Crippen LogP contribution in [0.1, 0.15) is 18.1 Å². The standard InChI is InChI=1S/C14H20N2/c1-4-16-10-11(2)13-9-12(7-8-15-3)5-6-14(13)16/h5-6,9-10,15H,4,7-8H2,1-3H3. The molecule has 1 heterocycles. The number of hydrogen-bond acceptors (Lipinski definition) is 1. The van der Waals surface area contributed by atoms with E-state index in [1.807, 2.05) is 7.05 Å². The quantitative estimate of drug-likeness (QED) is 0.831. The van der Waals surface area contributed by atoms with E-state index in [0.29, 0.717) is 0 Å². The molecule has 0 saturated heterocycles. The van der Waals surface area contributed by atoms with E-state index in [4.69, 9.17) is 0 Å². The molecule has 0 bridgehead atoms. The second-order valence-corrected chi connectivity index (χ2v) is 4.30. The molecule has 0 atom stereocenters. The minimum absolute atomic E-state index is 1.04. The van der Waals surface area contributed by atoms with Gasteiger partial charge in [0.1, 0.15) is 0 Å². The van der Waals surface area contributed by atoms with Crippen LogP contribution in [0.4, 0.5) is 0 Å². The van der Waals surface area contributed by atoms with Gasteiger partial charge >= 0.3 is 0 Å². The molecule has 0 fully saturated rings. The first-order chi connectivity index (χ1) is 7.76. The summed E-state index contributed by atoms with van der Waals surface area (Å²) in [6.07, 6.45) is 3.34. The fourth-order valence-corrected chi connectivity index (χ4v) is 2.21. The summed E-state index contributed by atoms with van der Waals surface area (Å²) in [5, 5.41) is 4.59. The first-order valence-corrected chi connectivity index (χ1v) is 5.99. The van der Waals surface area contributed by atoms with Gasteiger partial charge in [0.25, 0.3) is 0 Å². The van der Waals surface area contributed by atoms with Crippen LogP contribution >= 0.6 is 0 Å². The lowest BCUT2D eigenvalue weighted by Gasteiger charge is -2.03. The highest BCUT2D eigenvalue weighted by molar-refractivity contribution is 5.84. The van der Waals surface area contributed by atoms with Crippen molar-refractivity contribution in [1.29, 1.82) is 0 Å². The predicted molar refractivity (Wildman–Crippen MR) is 70.0 cm³/mol. The molecule has 0 aliphatic rings. The third kappa shape index (κ3) is 1.98. The molecule has 2 aromatic rings. The molecular weight excluding hydrogens is 196 g/mol. The maximum Gasteiger partial charge on any atom is 0.0483 e. The molecule has 16 heavy (non-hydrogen) atoms. The Morgan fingerprint density at radius 3 is 2.81 bits per heavy atom. The fourth-order valence-electron chi connectivity index (χ4n) is 2.21. The Bertz CT molecular complexity index is 483. The molecule has 1 N–H and O–H groups in total. The van der Waals surface area contributed by atoms with Crippen molar-refractivity contribution in [3.63, 3.8) is 0 Å². The number of rotatable bonds is 4. The molecule has 0 aliphatic carbocycles. The lowest BCUT2D eigenvalue weighted by atomic mass is 10.1. The van der Waals surface area contributed by atoms with Crippen molar-refractivity contribution >= 4 is 10.9 Å². The number of hydrogen-bond donors (Lipinski definition) is 1. The molecule has 0 radical (unpaired) electrons. The summed E-state index contributed by atoms with van der Waals surface area (Å²) < 4.78 is 2.31. The number of nitrogens with zero attached hydrogens (tertiary/aromatic N) is 1. The molecule has 1 aromatic heterocycles. The van der Waals surface area contributed by atoms with E-state index in [2.05, 4.69) is 48.1 Å². The van der Waals surface area contributed by atoms with E-state index < -0.39 is 0 Å². The Labute approximate surface area is 97.3 Å². The second kappa shape index (κ2) is 4.71. The van der Waals surface area contributed by atoms with Crippen LogP contribution in [0.25, 0.3) is 10.9 Å². The van der Waals surface area contributed by atoms with Crippen LogP contribution in [0.3, 0.4) is 0 Å². The van der Waals surface area contributed by atoms with E-state index in [1.165, 1.54) is 22.0 Å². The van der Waals surface area contributed by atoms with Gasteiger partial charge in [-0.05, 0) is 57.1 Å². The van der Waals surface area contributed by atoms with Gasteiger partial charge in [0.2, 0.25) is 0 Å². The zero-order chi connectivity index (χ0) is 11.5. The number of fused-ring (bicyclic) bond motifs is 1. The normalized spacial score (nSPS) is 11.2. The molecule has 2 nitrogen and oxygen atoms in total. The summed E-state index contributed by atoms with van der Waals surface area (Å²) in [7, 11) is 2.00. The van der Waals surface area contributed by atoms with Crippen molar-refractivity contribution in [1.82, 2.24) is 9.88 Å². The molecule has 0 spiro atoms. The highest BCUT2D eigenvalue weighted by Gasteiger charge is 2.04. The zero-order valence-corrected chi connectivity index (χ0v) is 10.4. The number of aromatic nitrogens is 1. The van der Waals surface area contributed by atoms with Crippen LogP contribution in [0, 0.1) is 6.92 Å². The third-order valence-electron chi connectivity index (χ3n) is 3.15. The van der Waals surface area contributed by atoms with Crippen LogP contribution in [-0.4, -0.2) is 18.2 Å². The van der Waals surface area contributed by atoms with Crippen LogP contribution in [-0.2, 0) is 13.0 Å². The summed E-state index contributed by atoms with van der Waals surface area (Å²) in [6, 6.07) is 6.82. The number of aryl methyl sites for hydroxylation is 2. The van der Waals surface area contributed by atoms with Crippen molar-refractivity contribution in [3.05, 3.63) is 35.5 Å². The number of nitrogens with one attached hydrogen (secondary N) is 1. The zero-order valence-electron chi connectivity index (χ0n) is 10.4. The Kier molecular flexibility index (Phi) is 3.30. The SMILES string of the molecule is CCn1cc(C)c2cc(CCNC)ccc21. The molecule has 86 valence electrons. The molecule has 0 amide bonds. The van der Waals surface area contributed by atoms with Crippen molar-refractivity contribution in [2.45, 2.75) is 26.8 Å². The van der Waals surface area contributed by atoms with E-state index in [9.17, 15) is 0 Å². The summed E-state index contributed by atoms with van der Waals surface area (Å²) in [4.78, 5) is 0. The van der Waals surface area contributed by atoms with E-state index in [1.54, 1.807) is 0 Å². The van der Waals surface area contributed by atoms with Gasteiger partial charge in [0, 0.05) is 23.6 Å². The van der Waals surface area contributed by atoms with E-state index in [-0.39, 0.29) is 0 Å². The Morgan fingerprint density at radius 1 is 1.31 bits per heavy atom. The molecule has 1 aromatic carbocycles. The van der Waals surface area contributed by atoms with E-state index in [0.717, 1.165) is 19.5 Å². The predicted octanol–water partition coefficient (Wildman–Crippen LogP) is 2.73. The molecule has 0 aliphatic heterocycles. The lowest BCUT2D eigenvalue weighted by Crippen LogP contribution is -2.10. The third-order valence-corrected chi connectivity index (χ3v) is 3.15. The second-order valence-electron chi connectivity index (χ2n) is 4.30. The highest BCUT2D eigenvalue weighted by Crippen LogP contribution is 2.22. The molecule has 2 rings (SSSR count). The van der Waals surface area contributed by atoms with Crippen LogP contribution < -0.4 is 5.32 Å². The van der Waals surface area contributed by atoms with Gasteiger partial charge in [-0.25, -0.2) is 0 Å². The summed E-state index contributed by atoms with van der Waals surface area (Å²) in [6.45, 7) is 6.46. The fraction of sp³-hybridized carbons (Fsp3) is 0.429. The highest BCUT2D eigenvalue weighted by atomic mass is 14.9. The maximum atomic E-state index is 3.19. The Balaban J connectivity index is 2.41. The van der Waals surface area contributed by atoms with Gasteiger partial charge in [0.15, 0.2) is 0 Å². The first-order valence-electron chi connectivity index (χ1n) is 5.99. The van der Waals surface area contributed by atoms with Gasteiger partial charge in [-0.15, -0.1) is 0 Å². The van der Waals surface area contributed by atoms with Crippen molar-refractivity contribution in [2.24, 2.45) is 0 Å². The Hall–Kier alpha value is -1.28. The lowest BCUT2D eigenvalue weighted by molar-refractivity contribution is 0.789. The summed E-state index contributed by atoms with van der Waals surface area (Å²) >= 11 is 0. The van der Waals surface area contributed by atoms with Crippen molar-refractivity contribution in [2.75, 3.05) is 13.6 Å². The van der Waals surface area contributed by atoms with Crippen LogP contribution in [0.2, 0.25) is 0 Å². The minimum atomic E-state index is 1.04. The van der Waals surface area contributed by atoms with Crippen LogP contribution in [0.5, 0.6) is 0 Å². The topological polar surface area (TPSA) is 17.0 Å². The largest absolute Gasteiger partial charge is 0.347 e. The average molecular weight is 216 g/mol. The minimum Gasteiger partial charge on any atom is -0.347 e. The van der Waals surface area contributed by atoms with Gasteiger partial charge in [-0.3, -0.25) is 0 Å². The van der Waals surface area contributed by atoms with Gasteiger partial charge < -0.3 is 9.88 Å². The number of likely N-dealkylation sites (N-methyl/N-ethyl adjacent to an activating group) is 1. The molecule has 0 saturated carbocycles. The molecular formula is C14H20N2. The monoisotopic (exact) mass is 216 g/mol. The molecule has 2 heteroatoms. The van der Waals surface area contributed by atoms with Crippen LogP contribution in [0.15, 0.2) is 24.4 Å². The smallest absolute Gasteiger partial charge is 0.0483 e. The van der Waals surface area contributed by atoms with Gasteiger partial charge in [0.05, 0.1) is 0 Å². The Morgan fingerprint density at radius 2 is 2.12 bits per heavy atom. The van der Waals surface area contributed by atoms with Gasteiger partial charge in [-0.2, -0.15) is 0 Å². The van der Waals surface area contributed by atoms with Gasteiger partial charge in [-0.1, -0.05) is 6.07 Å². The summed E-state index contributed by atoms with van der Waals surface area (Å²) in [5.74, 6) is 0.